The highest BCUT2D eigenvalue weighted by Gasteiger charge is 2.21. The van der Waals surface area contributed by atoms with Gasteiger partial charge in [-0.05, 0) is 25.0 Å². The lowest BCUT2D eigenvalue weighted by atomic mass is 10.2. The molecule has 0 aliphatic heterocycles. The second-order valence-corrected chi connectivity index (χ2v) is 5.72. The van der Waals surface area contributed by atoms with E-state index in [1.54, 1.807) is 24.4 Å². The summed E-state index contributed by atoms with van der Waals surface area (Å²) in [6.07, 6.45) is 4.04. The Morgan fingerprint density at radius 2 is 1.72 bits per heavy atom. The standard InChI is InChI=1S/C18H21N3O4/c1-23-15-8-13(9-16(24-2)17(15)25-3)21-18(22)14-7-6-12(10-19-14)20-11-4-5-11/h6-11,20H,4-5H2,1-3H3,(H,21,22). The molecular formula is C18H21N3O4. The number of nitrogens with zero attached hydrogens (tertiary/aromatic N) is 1. The number of hydrogen-bond acceptors (Lipinski definition) is 6. The number of amides is 1. The predicted molar refractivity (Wildman–Crippen MR) is 94.9 cm³/mol. The fraction of sp³-hybridized carbons (Fsp3) is 0.333. The van der Waals surface area contributed by atoms with Crippen LogP contribution in [0.4, 0.5) is 11.4 Å². The van der Waals surface area contributed by atoms with Crippen molar-refractivity contribution in [2.75, 3.05) is 32.0 Å². The summed E-state index contributed by atoms with van der Waals surface area (Å²) in [5.74, 6) is 1.09. The molecule has 7 heteroatoms. The maximum atomic E-state index is 12.4. The Kier molecular flexibility index (Phi) is 4.92. The molecule has 0 bridgehead atoms. The van der Waals surface area contributed by atoms with Crippen LogP contribution in [-0.2, 0) is 0 Å². The van der Waals surface area contributed by atoms with Crippen LogP contribution in [-0.4, -0.2) is 38.3 Å². The van der Waals surface area contributed by atoms with Crippen LogP contribution in [0.5, 0.6) is 17.2 Å². The van der Waals surface area contributed by atoms with Crippen LogP contribution in [0, 0.1) is 0 Å². The predicted octanol–water partition coefficient (Wildman–Crippen LogP) is 2.93. The van der Waals surface area contributed by atoms with E-state index in [0.717, 1.165) is 5.69 Å². The summed E-state index contributed by atoms with van der Waals surface area (Å²) < 4.78 is 15.8. The number of rotatable bonds is 7. The molecule has 1 aromatic carbocycles. The molecule has 0 saturated heterocycles. The summed E-state index contributed by atoms with van der Waals surface area (Å²) in [5.41, 5.74) is 1.78. The number of nitrogens with one attached hydrogen (secondary N) is 2. The average molecular weight is 343 g/mol. The van der Waals surface area contributed by atoms with Crippen molar-refractivity contribution in [2.24, 2.45) is 0 Å². The van der Waals surface area contributed by atoms with E-state index in [1.165, 1.54) is 34.2 Å². The van der Waals surface area contributed by atoms with Crippen LogP contribution < -0.4 is 24.8 Å². The molecule has 1 fully saturated rings. The normalized spacial score (nSPS) is 13.1. The first kappa shape index (κ1) is 16.9. The number of aromatic nitrogens is 1. The van der Waals surface area contributed by atoms with E-state index in [-0.39, 0.29) is 5.91 Å². The van der Waals surface area contributed by atoms with Gasteiger partial charge in [0.05, 0.1) is 33.2 Å². The zero-order valence-electron chi connectivity index (χ0n) is 14.5. The SMILES string of the molecule is COc1cc(NC(=O)c2ccc(NC3CC3)cn2)cc(OC)c1OC. The molecule has 0 atom stereocenters. The van der Waals surface area contributed by atoms with Crippen LogP contribution in [0.25, 0.3) is 0 Å². The Labute approximate surface area is 146 Å². The fourth-order valence-electron chi connectivity index (χ4n) is 2.43. The Morgan fingerprint density at radius 3 is 2.20 bits per heavy atom. The summed E-state index contributed by atoms with van der Waals surface area (Å²) >= 11 is 0. The smallest absolute Gasteiger partial charge is 0.274 e. The molecule has 132 valence electrons. The molecule has 1 amide bonds. The molecule has 2 N–H and O–H groups in total. The molecular weight excluding hydrogens is 322 g/mol. The molecule has 1 aliphatic carbocycles. The molecule has 1 heterocycles. The number of pyridine rings is 1. The highest BCUT2D eigenvalue weighted by atomic mass is 16.5. The molecule has 1 aliphatic rings. The molecule has 7 nitrogen and oxygen atoms in total. The lowest BCUT2D eigenvalue weighted by Crippen LogP contribution is -2.14. The summed E-state index contributed by atoms with van der Waals surface area (Å²) in [5, 5.41) is 6.13. The van der Waals surface area contributed by atoms with Gasteiger partial charge >= 0.3 is 0 Å². The first-order chi connectivity index (χ1) is 12.1. The third-order valence-corrected chi connectivity index (χ3v) is 3.87. The van der Waals surface area contributed by atoms with Crippen LogP contribution in [0.1, 0.15) is 23.3 Å². The van der Waals surface area contributed by atoms with Crippen molar-refractivity contribution in [3.63, 3.8) is 0 Å². The van der Waals surface area contributed by atoms with Gasteiger partial charge in [0.1, 0.15) is 5.69 Å². The molecule has 0 unspecified atom stereocenters. The average Bonchev–Trinajstić information content (AvgIpc) is 3.45. The second kappa shape index (κ2) is 7.29. The second-order valence-electron chi connectivity index (χ2n) is 5.72. The van der Waals surface area contributed by atoms with Crippen LogP contribution >= 0.6 is 0 Å². The van der Waals surface area contributed by atoms with E-state index in [1.807, 2.05) is 6.07 Å². The van der Waals surface area contributed by atoms with Gasteiger partial charge in [0.25, 0.3) is 5.91 Å². The highest BCUT2D eigenvalue weighted by molar-refractivity contribution is 6.03. The van der Waals surface area contributed by atoms with Gasteiger partial charge in [-0.15, -0.1) is 0 Å². The molecule has 1 aromatic heterocycles. The quantitative estimate of drug-likeness (QED) is 0.804. The van der Waals surface area contributed by atoms with Gasteiger partial charge in [-0.2, -0.15) is 0 Å². The van der Waals surface area contributed by atoms with Crippen molar-refractivity contribution in [2.45, 2.75) is 18.9 Å². The Balaban J connectivity index is 1.75. The number of anilines is 2. The van der Waals surface area contributed by atoms with Crippen molar-refractivity contribution >= 4 is 17.3 Å². The first-order valence-electron chi connectivity index (χ1n) is 7.98. The zero-order valence-corrected chi connectivity index (χ0v) is 14.5. The molecule has 25 heavy (non-hydrogen) atoms. The van der Waals surface area contributed by atoms with Gasteiger partial charge < -0.3 is 24.8 Å². The summed E-state index contributed by atoms with van der Waals surface area (Å²) in [6.45, 7) is 0. The molecule has 1 saturated carbocycles. The molecule has 0 spiro atoms. The Hall–Kier alpha value is -2.96. The maximum absolute atomic E-state index is 12.4. The lowest BCUT2D eigenvalue weighted by molar-refractivity contribution is 0.102. The molecule has 2 aromatic rings. The van der Waals surface area contributed by atoms with Crippen molar-refractivity contribution in [3.05, 3.63) is 36.2 Å². The monoisotopic (exact) mass is 343 g/mol. The summed E-state index contributed by atoms with van der Waals surface area (Å²) in [6, 6.07) is 7.43. The van der Waals surface area contributed by atoms with Crippen LogP contribution in [0.3, 0.4) is 0 Å². The van der Waals surface area contributed by atoms with Gasteiger partial charge in [0.15, 0.2) is 11.5 Å². The lowest BCUT2D eigenvalue weighted by Gasteiger charge is -2.14. The van der Waals surface area contributed by atoms with E-state index < -0.39 is 0 Å². The van der Waals surface area contributed by atoms with Crippen LogP contribution in [0.15, 0.2) is 30.5 Å². The highest BCUT2D eigenvalue weighted by Crippen LogP contribution is 2.40. The van der Waals surface area contributed by atoms with Crippen molar-refractivity contribution < 1.29 is 19.0 Å². The topological polar surface area (TPSA) is 81.7 Å². The van der Waals surface area contributed by atoms with E-state index in [0.29, 0.717) is 34.7 Å². The number of methoxy groups -OCH3 is 3. The minimum absolute atomic E-state index is 0.313. The summed E-state index contributed by atoms with van der Waals surface area (Å²) in [4.78, 5) is 16.6. The molecule has 3 rings (SSSR count). The minimum Gasteiger partial charge on any atom is -0.493 e. The Bertz CT molecular complexity index is 732. The van der Waals surface area contributed by atoms with Crippen molar-refractivity contribution in [3.8, 4) is 17.2 Å². The van der Waals surface area contributed by atoms with E-state index >= 15 is 0 Å². The van der Waals surface area contributed by atoms with Gasteiger partial charge in [-0.25, -0.2) is 4.98 Å². The number of hydrogen-bond donors (Lipinski definition) is 2. The van der Waals surface area contributed by atoms with Gasteiger partial charge in [0, 0.05) is 23.9 Å². The summed E-state index contributed by atoms with van der Waals surface area (Å²) in [7, 11) is 4.58. The van der Waals surface area contributed by atoms with Crippen molar-refractivity contribution in [1.29, 1.82) is 0 Å². The third-order valence-electron chi connectivity index (χ3n) is 3.87. The first-order valence-corrected chi connectivity index (χ1v) is 7.98. The minimum atomic E-state index is -0.313. The number of carbonyl (C=O) groups is 1. The number of benzene rings is 1. The molecule has 0 radical (unpaired) electrons. The zero-order chi connectivity index (χ0) is 17.8. The van der Waals surface area contributed by atoms with Crippen molar-refractivity contribution in [1.82, 2.24) is 4.98 Å². The fourth-order valence-corrected chi connectivity index (χ4v) is 2.43. The van der Waals surface area contributed by atoms with E-state index in [9.17, 15) is 4.79 Å². The third kappa shape index (κ3) is 3.93. The van der Waals surface area contributed by atoms with E-state index in [4.69, 9.17) is 14.2 Å². The van der Waals surface area contributed by atoms with Gasteiger partial charge in [-0.1, -0.05) is 0 Å². The van der Waals surface area contributed by atoms with E-state index in [2.05, 4.69) is 15.6 Å². The maximum Gasteiger partial charge on any atom is 0.274 e. The Morgan fingerprint density at radius 1 is 1.04 bits per heavy atom. The van der Waals surface area contributed by atoms with Gasteiger partial charge in [0.2, 0.25) is 5.75 Å². The number of carbonyl (C=O) groups excluding carboxylic acids is 1. The van der Waals surface area contributed by atoms with Crippen LogP contribution in [0.2, 0.25) is 0 Å². The largest absolute Gasteiger partial charge is 0.493 e. The van der Waals surface area contributed by atoms with Gasteiger partial charge in [-0.3, -0.25) is 4.79 Å². The number of ether oxygens (including phenoxy) is 3.